The second kappa shape index (κ2) is 11.4. The Hall–Kier alpha value is -3.97. The van der Waals surface area contributed by atoms with E-state index in [-0.39, 0.29) is 36.8 Å². The van der Waals surface area contributed by atoms with Crippen molar-refractivity contribution < 1.29 is 30.0 Å². The number of hydrogen-bond acceptors (Lipinski definition) is 6. The van der Waals surface area contributed by atoms with Crippen LogP contribution < -0.4 is 0 Å². The highest BCUT2D eigenvalue weighted by Crippen LogP contribution is 2.33. The zero-order chi connectivity index (χ0) is 26.5. The van der Waals surface area contributed by atoms with Crippen LogP contribution in [0.1, 0.15) is 52.4 Å². The van der Waals surface area contributed by atoms with Gasteiger partial charge in [0.25, 0.3) is 0 Å². The minimum Gasteiger partial charge on any atom is -0.508 e. The molecule has 0 saturated carbocycles. The van der Waals surface area contributed by atoms with E-state index in [2.05, 4.69) is 6.92 Å². The normalized spacial score (nSPS) is 12.1. The summed E-state index contributed by atoms with van der Waals surface area (Å²) in [5.74, 6) is -0.377. The molecule has 0 aliphatic rings. The summed E-state index contributed by atoms with van der Waals surface area (Å²) in [6.07, 6.45) is 3.80. The van der Waals surface area contributed by atoms with E-state index in [1.54, 1.807) is 42.5 Å². The van der Waals surface area contributed by atoms with E-state index in [0.29, 0.717) is 11.1 Å². The monoisotopic (exact) mass is 503 g/mol. The van der Waals surface area contributed by atoms with Crippen LogP contribution in [0.2, 0.25) is 0 Å². The predicted molar refractivity (Wildman–Crippen MR) is 142 cm³/mol. The first-order valence-electron chi connectivity index (χ1n) is 12.5. The maximum absolute atomic E-state index is 12.3. The van der Waals surface area contributed by atoms with Gasteiger partial charge in [-0.3, -0.25) is 0 Å². The molecule has 1 atom stereocenters. The maximum atomic E-state index is 12.3. The second-order valence-electron chi connectivity index (χ2n) is 9.52. The van der Waals surface area contributed by atoms with E-state index in [9.17, 15) is 25.2 Å². The molecule has 1 unspecified atom stereocenters. The molecule has 0 aliphatic heterocycles. The lowest BCUT2D eigenvalue weighted by molar-refractivity contribution is 0.0259. The quantitative estimate of drug-likeness (QED) is 0.221. The fourth-order valence-electron chi connectivity index (χ4n) is 4.47. The van der Waals surface area contributed by atoms with Crippen molar-refractivity contribution in [3.63, 3.8) is 0 Å². The van der Waals surface area contributed by atoms with E-state index in [4.69, 9.17) is 4.74 Å². The summed E-state index contributed by atoms with van der Waals surface area (Å²) in [4.78, 5) is 12.3. The molecule has 0 spiro atoms. The number of aryl methyl sites for hydroxylation is 2. The number of carbonyl (C=O) groups excluding carboxylic acids is 1. The number of aromatic nitrogens is 1. The van der Waals surface area contributed by atoms with Crippen molar-refractivity contribution in [3.05, 3.63) is 88.6 Å². The number of carbonyl (C=O) groups is 1. The Morgan fingerprint density at radius 1 is 1.00 bits per heavy atom. The number of phenolic OH excluding ortho intramolecular Hbond substituents is 3. The van der Waals surface area contributed by atoms with Gasteiger partial charge in [-0.2, -0.15) is 0 Å². The van der Waals surface area contributed by atoms with Crippen LogP contribution in [0.3, 0.4) is 0 Å². The standard InChI is InChI=1S/C30H33NO6/c1-3-4-5-20-12-28(34)26(29(35)13-20)17-31-16-22(25-15-23(32)10-11-27(25)31)14-24(33)18-37-30(36)21-8-6-19(2)7-9-21/h6-13,15-16,24,32-35H,3-5,14,17-18H2,1-2H3. The topological polar surface area (TPSA) is 112 Å². The first-order valence-corrected chi connectivity index (χ1v) is 12.5. The number of aliphatic hydroxyl groups is 1. The summed E-state index contributed by atoms with van der Waals surface area (Å²) < 4.78 is 7.16. The van der Waals surface area contributed by atoms with Crippen LogP contribution in [0.15, 0.2) is 60.8 Å². The zero-order valence-corrected chi connectivity index (χ0v) is 21.1. The number of aromatic hydroxyl groups is 3. The van der Waals surface area contributed by atoms with Gasteiger partial charge in [-0.05, 0) is 73.4 Å². The fourth-order valence-corrected chi connectivity index (χ4v) is 4.47. The lowest BCUT2D eigenvalue weighted by Crippen LogP contribution is -2.21. The highest BCUT2D eigenvalue weighted by atomic mass is 16.5. The first kappa shape index (κ1) is 26.1. The summed E-state index contributed by atoms with van der Waals surface area (Å²) >= 11 is 0. The number of benzene rings is 3. The highest BCUT2D eigenvalue weighted by Gasteiger charge is 2.18. The molecular weight excluding hydrogens is 470 g/mol. The predicted octanol–water partition coefficient (Wildman–Crippen LogP) is 5.22. The minimum atomic E-state index is -0.963. The summed E-state index contributed by atoms with van der Waals surface area (Å²) in [6.45, 7) is 4.04. The number of hydrogen-bond donors (Lipinski definition) is 4. The summed E-state index contributed by atoms with van der Waals surface area (Å²) in [7, 11) is 0. The van der Waals surface area contributed by atoms with Gasteiger partial charge >= 0.3 is 5.97 Å². The lowest BCUT2D eigenvalue weighted by atomic mass is 10.0. The molecule has 4 aromatic rings. The SMILES string of the molecule is CCCCc1cc(O)c(Cn2cc(CC(O)COC(=O)c3ccc(C)cc3)c3cc(O)ccc32)c(O)c1. The van der Waals surface area contributed by atoms with Crippen LogP contribution in [0.25, 0.3) is 10.9 Å². The first-order chi connectivity index (χ1) is 17.7. The third-order valence-corrected chi connectivity index (χ3v) is 6.51. The molecule has 0 amide bonds. The molecule has 0 fully saturated rings. The fraction of sp³-hybridized carbons (Fsp3) is 0.300. The van der Waals surface area contributed by atoms with Gasteiger partial charge in [-0.15, -0.1) is 0 Å². The number of aliphatic hydroxyl groups excluding tert-OH is 1. The highest BCUT2D eigenvalue weighted by molar-refractivity contribution is 5.89. The molecular formula is C30H33NO6. The van der Waals surface area contributed by atoms with Crippen LogP contribution in [-0.2, 0) is 24.1 Å². The van der Waals surface area contributed by atoms with Gasteiger partial charge in [0.1, 0.15) is 23.9 Å². The van der Waals surface area contributed by atoms with E-state index >= 15 is 0 Å². The lowest BCUT2D eigenvalue weighted by Gasteiger charge is -2.12. The molecule has 0 radical (unpaired) electrons. The third-order valence-electron chi connectivity index (χ3n) is 6.51. The molecule has 7 nitrogen and oxygen atoms in total. The number of phenols is 3. The van der Waals surface area contributed by atoms with Gasteiger partial charge in [0.15, 0.2) is 0 Å². The van der Waals surface area contributed by atoms with Crippen molar-refractivity contribution in [1.29, 1.82) is 0 Å². The van der Waals surface area contributed by atoms with Crippen LogP contribution in [0, 0.1) is 6.92 Å². The average molecular weight is 504 g/mol. The molecule has 3 aromatic carbocycles. The summed E-state index contributed by atoms with van der Waals surface area (Å²) in [6, 6.07) is 15.3. The molecule has 1 heterocycles. The van der Waals surface area contributed by atoms with Crippen molar-refractivity contribution in [2.45, 2.75) is 52.2 Å². The molecule has 1 aromatic heterocycles. The molecule has 0 bridgehead atoms. The molecule has 4 rings (SSSR count). The van der Waals surface area contributed by atoms with Crippen molar-refractivity contribution in [2.75, 3.05) is 6.61 Å². The number of rotatable bonds is 10. The Bertz CT molecular complexity index is 1370. The third kappa shape index (κ3) is 6.24. The van der Waals surface area contributed by atoms with Crippen LogP contribution >= 0.6 is 0 Å². The van der Waals surface area contributed by atoms with E-state index in [0.717, 1.165) is 46.9 Å². The number of esters is 1. The molecule has 37 heavy (non-hydrogen) atoms. The molecule has 0 saturated heterocycles. The van der Waals surface area contributed by atoms with Gasteiger partial charge < -0.3 is 29.7 Å². The molecule has 7 heteroatoms. The van der Waals surface area contributed by atoms with Crippen LogP contribution in [-0.4, -0.2) is 43.7 Å². The number of fused-ring (bicyclic) bond motifs is 1. The van der Waals surface area contributed by atoms with E-state index in [1.165, 1.54) is 0 Å². The molecule has 194 valence electrons. The number of unbranched alkanes of at least 4 members (excludes halogenated alkanes) is 1. The van der Waals surface area contributed by atoms with Gasteiger partial charge in [0, 0.05) is 23.5 Å². The van der Waals surface area contributed by atoms with Crippen molar-refractivity contribution >= 4 is 16.9 Å². The van der Waals surface area contributed by atoms with Crippen molar-refractivity contribution in [1.82, 2.24) is 4.57 Å². The summed E-state index contributed by atoms with van der Waals surface area (Å²) in [5, 5.41) is 42.7. The smallest absolute Gasteiger partial charge is 0.338 e. The van der Waals surface area contributed by atoms with Crippen LogP contribution in [0.5, 0.6) is 17.2 Å². The Labute approximate surface area is 216 Å². The Morgan fingerprint density at radius 2 is 1.70 bits per heavy atom. The molecule has 0 aliphatic carbocycles. The minimum absolute atomic E-state index is 0.0244. The van der Waals surface area contributed by atoms with Crippen molar-refractivity contribution in [3.8, 4) is 17.2 Å². The Kier molecular flexibility index (Phi) is 8.04. The van der Waals surface area contributed by atoms with E-state index < -0.39 is 12.1 Å². The summed E-state index contributed by atoms with van der Waals surface area (Å²) in [5.41, 5.74) is 4.23. The Balaban J connectivity index is 1.52. The zero-order valence-electron chi connectivity index (χ0n) is 21.1. The number of ether oxygens (including phenoxy) is 1. The Morgan fingerprint density at radius 3 is 2.38 bits per heavy atom. The van der Waals surface area contributed by atoms with Gasteiger partial charge in [0.05, 0.1) is 23.8 Å². The van der Waals surface area contributed by atoms with Gasteiger partial charge in [-0.1, -0.05) is 31.0 Å². The largest absolute Gasteiger partial charge is 0.508 e. The van der Waals surface area contributed by atoms with Gasteiger partial charge in [0.2, 0.25) is 0 Å². The van der Waals surface area contributed by atoms with E-state index in [1.807, 2.05) is 29.8 Å². The maximum Gasteiger partial charge on any atom is 0.338 e. The number of nitrogens with zero attached hydrogens (tertiary/aromatic N) is 1. The average Bonchev–Trinajstić information content (AvgIpc) is 3.19. The van der Waals surface area contributed by atoms with Gasteiger partial charge in [-0.25, -0.2) is 4.79 Å². The molecule has 4 N–H and O–H groups in total. The second-order valence-corrected chi connectivity index (χ2v) is 9.52. The van der Waals surface area contributed by atoms with Crippen LogP contribution in [0.4, 0.5) is 0 Å². The van der Waals surface area contributed by atoms with Crippen molar-refractivity contribution in [2.24, 2.45) is 0 Å².